The first-order chi connectivity index (χ1) is 10.6. The van der Waals surface area contributed by atoms with Crippen LogP contribution in [-0.4, -0.2) is 19.2 Å². The summed E-state index contributed by atoms with van der Waals surface area (Å²) in [7, 11) is 2.94. The van der Waals surface area contributed by atoms with Gasteiger partial charge in [-0.25, -0.2) is 14.2 Å². The molecular weight excluding hydrogens is 289 g/mol. The minimum atomic E-state index is -0.621. The first-order valence-electron chi connectivity index (χ1n) is 6.46. The number of benzene rings is 2. The molecule has 5 nitrogen and oxygen atoms in total. The molecule has 0 atom stereocenters. The van der Waals surface area contributed by atoms with Gasteiger partial charge >= 0.3 is 5.63 Å². The fourth-order valence-corrected chi connectivity index (χ4v) is 2.15. The van der Waals surface area contributed by atoms with E-state index in [1.807, 2.05) is 0 Å². The van der Waals surface area contributed by atoms with Gasteiger partial charge in [0.1, 0.15) is 5.82 Å². The molecule has 0 fully saturated rings. The topological polar surface area (TPSA) is 61.6 Å². The molecule has 2 aromatic carbocycles. The highest BCUT2D eigenvalue weighted by Crippen LogP contribution is 2.31. The van der Waals surface area contributed by atoms with Crippen LogP contribution in [0.5, 0.6) is 11.5 Å². The maximum absolute atomic E-state index is 13.8. The van der Waals surface area contributed by atoms with Gasteiger partial charge in [0.2, 0.25) is 5.89 Å². The van der Waals surface area contributed by atoms with Gasteiger partial charge in [0, 0.05) is 12.1 Å². The lowest BCUT2D eigenvalue weighted by molar-refractivity contribution is 0.355. The molecule has 1 heterocycles. The van der Waals surface area contributed by atoms with E-state index in [0.29, 0.717) is 17.0 Å². The first kappa shape index (κ1) is 14.1. The van der Waals surface area contributed by atoms with E-state index < -0.39 is 11.4 Å². The largest absolute Gasteiger partial charge is 0.493 e. The molecule has 6 heteroatoms. The molecule has 0 N–H and O–H groups in total. The third kappa shape index (κ3) is 2.28. The molecule has 0 aliphatic heterocycles. The van der Waals surface area contributed by atoms with Gasteiger partial charge in [-0.15, -0.1) is 0 Å². The van der Waals surface area contributed by atoms with Crippen molar-refractivity contribution in [2.45, 2.75) is 0 Å². The number of nitrogens with zero attached hydrogens (tertiary/aromatic N) is 1. The molecule has 3 aromatic rings. The van der Waals surface area contributed by atoms with Crippen molar-refractivity contribution in [3.05, 3.63) is 52.6 Å². The quantitative estimate of drug-likeness (QED) is 0.744. The average molecular weight is 301 g/mol. The SMILES string of the molecule is COc1cc2nc(-c3ccccc3F)oc(=O)c2cc1OC. The summed E-state index contributed by atoms with van der Waals surface area (Å²) < 4.78 is 29.3. The highest BCUT2D eigenvalue weighted by Gasteiger charge is 2.15. The molecular formula is C16H12FNO4. The Morgan fingerprint density at radius 1 is 1.09 bits per heavy atom. The molecule has 0 aliphatic carbocycles. The van der Waals surface area contributed by atoms with E-state index in [1.165, 1.54) is 32.4 Å². The number of halogens is 1. The van der Waals surface area contributed by atoms with E-state index in [9.17, 15) is 9.18 Å². The summed E-state index contributed by atoms with van der Waals surface area (Å²) in [6.45, 7) is 0. The van der Waals surface area contributed by atoms with Gasteiger partial charge in [-0.3, -0.25) is 0 Å². The van der Waals surface area contributed by atoms with Crippen molar-refractivity contribution >= 4 is 10.9 Å². The van der Waals surface area contributed by atoms with E-state index >= 15 is 0 Å². The molecule has 0 unspecified atom stereocenters. The van der Waals surface area contributed by atoms with Crippen LogP contribution in [0.2, 0.25) is 0 Å². The summed E-state index contributed by atoms with van der Waals surface area (Å²) >= 11 is 0. The Kier molecular flexibility index (Phi) is 3.50. The summed E-state index contributed by atoms with van der Waals surface area (Å²) in [6.07, 6.45) is 0. The monoisotopic (exact) mass is 301 g/mol. The highest BCUT2D eigenvalue weighted by atomic mass is 19.1. The zero-order valence-electron chi connectivity index (χ0n) is 11.9. The maximum atomic E-state index is 13.8. The molecule has 0 spiro atoms. The van der Waals surface area contributed by atoms with E-state index in [4.69, 9.17) is 13.9 Å². The second-order valence-electron chi connectivity index (χ2n) is 4.51. The van der Waals surface area contributed by atoms with Crippen LogP contribution in [0.3, 0.4) is 0 Å². The number of ether oxygens (including phenoxy) is 2. The van der Waals surface area contributed by atoms with Gasteiger partial charge in [-0.05, 0) is 12.1 Å². The molecule has 0 bridgehead atoms. The molecule has 0 aliphatic rings. The smallest absolute Gasteiger partial charge is 0.347 e. The van der Waals surface area contributed by atoms with Crippen LogP contribution in [0.25, 0.3) is 22.4 Å². The second kappa shape index (κ2) is 5.48. The number of fused-ring (bicyclic) bond motifs is 1. The van der Waals surface area contributed by atoms with Gasteiger partial charge in [0.15, 0.2) is 11.5 Å². The van der Waals surface area contributed by atoms with Crippen molar-refractivity contribution in [3.63, 3.8) is 0 Å². The summed E-state index contributed by atoms with van der Waals surface area (Å²) in [4.78, 5) is 16.3. The van der Waals surface area contributed by atoms with Crippen molar-refractivity contribution in [1.82, 2.24) is 4.98 Å². The lowest BCUT2D eigenvalue weighted by Crippen LogP contribution is -2.04. The van der Waals surface area contributed by atoms with Crippen molar-refractivity contribution in [2.24, 2.45) is 0 Å². The third-order valence-corrected chi connectivity index (χ3v) is 3.24. The average Bonchev–Trinajstić information content (AvgIpc) is 2.54. The summed E-state index contributed by atoms with van der Waals surface area (Å²) in [5.41, 5.74) is -0.160. The number of methoxy groups -OCH3 is 2. The lowest BCUT2D eigenvalue weighted by Gasteiger charge is -2.09. The van der Waals surface area contributed by atoms with Gasteiger partial charge in [-0.2, -0.15) is 0 Å². The fourth-order valence-electron chi connectivity index (χ4n) is 2.15. The molecule has 3 rings (SSSR count). The van der Waals surface area contributed by atoms with E-state index in [0.717, 1.165) is 0 Å². The molecule has 0 saturated carbocycles. The Bertz CT molecular complexity index is 904. The normalized spacial score (nSPS) is 10.7. The molecule has 0 amide bonds. The third-order valence-electron chi connectivity index (χ3n) is 3.24. The molecule has 112 valence electrons. The summed E-state index contributed by atoms with van der Waals surface area (Å²) in [5, 5.41) is 0.234. The van der Waals surface area contributed by atoms with Crippen LogP contribution in [0.1, 0.15) is 0 Å². The van der Waals surface area contributed by atoms with Crippen molar-refractivity contribution in [3.8, 4) is 23.0 Å². The van der Waals surface area contributed by atoms with E-state index in [-0.39, 0.29) is 16.8 Å². The highest BCUT2D eigenvalue weighted by molar-refractivity contribution is 5.82. The van der Waals surface area contributed by atoms with Crippen molar-refractivity contribution in [2.75, 3.05) is 14.2 Å². The predicted octanol–water partition coefficient (Wildman–Crippen LogP) is 3.01. The molecule has 0 radical (unpaired) electrons. The number of rotatable bonds is 3. The predicted molar refractivity (Wildman–Crippen MR) is 78.8 cm³/mol. The van der Waals surface area contributed by atoms with Crippen molar-refractivity contribution in [1.29, 1.82) is 0 Å². The number of hydrogen-bond donors (Lipinski definition) is 0. The molecule has 1 aromatic heterocycles. The number of aromatic nitrogens is 1. The zero-order chi connectivity index (χ0) is 15.7. The minimum absolute atomic E-state index is 0.0807. The van der Waals surface area contributed by atoms with Gasteiger partial charge in [0.05, 0.1) is 30.7 Å². The van der Waals surface area contributed by atoms with E-state index in [1.54, 1.807) is 18.2 Å². The lowest BCUT2D eigenvalue weighted by atomic mass is 10.2. The van der Waals surface area contributed by atoms with Crippen molar-refractivity contribution < 1.29 is 18.3 Å². The Morgan fingerprint density at radius 3 is 2.45 bits per heavy atom. The maximum Gasteiger partial charge on any atom is 0.347 e. The van der Waals surface area contributed by atoms with Gasteiger partial charge < -0.3 is 13.9 Å². The van der Waals surface area contributed by atoms with E-state index in [2.05, 4.69) is 4.98 Å². The number of hydrogen-bond acceptors (Lipinski definition) is 5. The molecule has 22 heavy (non-hydrogen) atoms. The fraction of sp³-hybridized carbons (Fsp3) is 0.125. The van der Waals surface area contributed by atoms with Crippen LogP contribution < -0.4 is 15.1 Å². The Balaban J connectivity index is 2.29. The summed E-state index contributed by atoms with van der Waals surface area (Å²) in [5.74, 6) is 0.219. The zero-order valence-corrected chi connectivity index (χ0v) is 11.9. The Labute approximate surface area is 124 Å². The van der Waals surface area contributed by atoms with Crippen LogP contribution in [0.15, 0.2) is 45.6 Å². The summed E-state index contributed by atoms with van der Waals surface area (Å²) in [6, 6.07) is 8.99. The molecule has 0 saturated heterocycles. The van der Waals surface area contributed by atoms with Crippen LogP contribution in [0, 0.1) is 5.82 Å². The van der Waals surface area contributed by atoms with Crippen LogP contribution in [-0.2, 0) is 0 Å². The van der Waals surface area contributed by atoms with Crippen LogP contribution in [0.4, 0.5) is 4.39 Å². The Morgan fingerprint density at radius 2 is 1.77 bits per heavy atom. The van der Waals surface area contributed by atoms with Gasteiger partial charge in [-0.1, -0.05) is 12.1 Å². The van der Waals surface area contributed by atoms with Gasteiger partial charge in [0.25, 0.3) is 0 Å². The standard InChI is InChI=1S/C16H12FNO4/c1-20-13-7-10-12(8-14(13)21-2)18-15(22-16(10)19)9-5-3-4-6-11(9)17/h3-8H,1-2H3. The van der Waals surface area contributed by atoms with Crippen LogP contribution >= 0.6 is 0 Å². The minimum Gasteiger partial charge on any atom is -0.493 e. The second-order valence-corrected chi connectivity index (χ2v) is 4.51. The Hall–Kier alpha value is -2.89. The first-order valence-corrected chi connectivity index (χ1v) is 6.46.